The molecular formula is C11H11ClN2. The first kappa shape index (κ1) is 10.6. The van der Waals surface area contributed by atoms with Crippen molar-refractivity contribution in [2.24, 2.45) is 0 Å². The van der Waals surface area contributed by atoms with Crippen LogP contribution in [0, 0.1) is 18.3 Å². The van der Waals surface area contributed by atoms with Crippen molar-refractivity contribution in [1.29, 1.82) is 5.26 Å². The van der Waals surface area contributed by atoms with Gasteiger partial charge in [-0.05, 0) is 30.7 Å². The smallest absolute Gasteiger partial charge is 0.0991 e. The van der Waals surface area contributed by atoms with Gasteiger partial charge in [0.05, 0.1) is 18.2 Å². The first-order valence-electron chi connectivity index (χ1n) is 4.21. The van der Waals surface area contributed by atoms with Gasteiger partial charge in [-0.2, -0.15) is 5.26 Å². The molecular weight excluding hydrogens is 196 g/mol. The zero-order chi connectivity index (χ0) is 10.6. The lowest BCUT2D eigenvalue weighted by Crippen LogP contribution is -2.02. The summed E-state index contributed by atoms with van der Waals surface area (Å²) in [5.74, 6) is 0. The topological polar surface area (TPSA) is 35.8 Å². The van der Waals surface area contributed by atoms with Gasteiger partial charge in [-0.15, -0.1) is 0 Å². The Morgan fingerprint density at radius 1 is 1.64 bits per heavy atom. The van der Waals surface area contributed by atoms with Crippen LogP contribution in [0.2, 0.25) is 0 Å². The molecule has 0 bridgehead atoms. The Morgan fingerprint density at radius 3 is 2.86 bits per heavy atom. The van der Waals surface area contributed by atoms with Gasteiger partial charge in [0.1, 0.15) is 0 Å². The highest BCUT2D eigenvalue weighted by Crippen LogP contribution is 2.16. The maximum Gasteiger partial charge on any atom is 0.0991 e. The minimum atomic E-state index is 0.536. The van der Waals surface area contributed by atoms with E-state index in [2.05, 4.69) is 18.0 Å². The van der Waals surface area contributed by atoms with E-state index in [4.69, 9.17) is 16.9 Å². The number of nitrogens with zero attached hydrogens (tertiary/aromatic N) is 1. The molecule has 0 fully saturated rings. The van der Waals surface area contributed by atoms with E-state index in [-0.39, 0.29) is 0 Å². The number of nitriles is 1. The molecule has 0 aliphatic heterocycles. The van der Waals surface area contributed by atoms with Crippen molar-refractivity contribution in [1.82, 2.24) is 0 Å². The molecule has 72 valence electrons. The van der Waals surface area contributed by atoms with Gasteiger partial charge in [-0.3, -0.25) is 0 Å². The number of aryl methyl sites for hydroxylation is 1. The number of nitrogens with one attached hydrogen (secondary N) is 1. The molecule has 0 aliphatic carbocycles. The Labute approximate surface area is 88.8 Å². The normalized spacial score (nSPS) is 9.21. The third-order valence-corrected chi connectivity index (χ3v) is 1.96. The Bertz CT molecular complexity index is 391. The van der Waals surface area contributed by atoms with Gasteiger partial charge < -0.3 is 5.32 Å². The summed E-state index contributed by atoms with van der Waals surface area (Å²) in [6.45, 7) is 6.06. The fourth-order valence-electron chi connectivity index (χ4n) is 1.12. The average molecular weight is 207 g/mol. The van der Waals surface area contributed by atoms with Crippen molar-refractivity contribution in [2.75, 3.05) is 11.9 Å². The maximum absolute atomic E-state index is 8.67. The first-order valence-corrected chi connectivity index (χ1v) is 4.59. The highest BCUT2D eigenvalue weighted by molar-refractivity contribution is 6.29. The number of hydrogen-bond donors (Lipinski definition) is 1. The fourth-order valence-corrected chi connectivity index (χ4v) is 1.19. The van der Waals surface area contributed by atoms with Crippen LogP contribution in [0.5, 0.6) is 0 Å². The fraction of sp³-hybridized carbons (Fsp3) is 0.182. The monoisotopic (exact) mass is 206 g/mol. The van der Waals surface area contributed by atoms with Crippen molar-refractivity contribution in [3.05, 3.63) is 40.9 Å². The molecule has 0 unspecified atom stereocenters. The van der Waals surface area contributed by atoms with Gasteiger partial charge in [0.2, 0.25) is 0 Å². The molecule has 0 saturated heterocycles. The van der Waals surface area contributed by atoms with Crippen LogP contribution >= 0.6 is 11.6 Å². The molecule has 0 radical (unpaired) electrons. The molecule has 1 rings (SSSR count). The second-order valence-corrected chi connectivity index (χ2v) is 3.55. The zero-order valence-electron chi connectivity index (χ0n) is 7.97. The molecule has 0 amide bonds. The summed E-state index contributed by atoms with van der Waals surface area (Å²) in [5.41, 5.74) is 2.67. The van der Waals surface area contributed by atoms with Crippen LogP contribution in [0.25, 0.3) is 0 Å². The quantitative estimate of drug-likeness (QED) is 0.825. The molecule has 2 nitrogen and oxygen atoms in total. The van der Waals surface area contributed by atoms with Gasteiger partial charge in [-0.25, -0.2) is 0 Å². The second-order valence-electron chi connectivity index (χ2n) is 3.01. The van der Waals surface area contributed by atoms with Crippen LogP contribution < -0.4 is 5.32 Å². The van der Waals surface area contributed by atoms with Gasteiger partial charge in [0, 0.05) is 10.7 Å². The van der Waals surface area contributed by atoms with Crippen LogP contribution in [0.4, 0.5) is 5.69 Å². The molecule has 0 spiro atoms. The van der Waals surface area contributed by atoms with E-state index in [9.17, 15) is 0 Å². The predicted molar refractivity (Wildman–Crippen MR) is 59.4 cm³/mol. The van der Waals surface area contributed by atoms with Crippen LogP contribution in [-0.2, 0) is 0 Å². The van der Waals surface area contributed by atoms with Crippen molar-refractivity contribution >= 4 is 17.3 Å². The van der Waals surface area contributed by atoms with E-state index < -0.39 is 0 Å². The molecule has 0 saturated carbocycles. The Morgan fingerprint density at radius 2 is 2.36 bits per heavy atom. The van der Waals surface area contributed by atoms with Gasteiger partial charge in [0.25, 0.3) is 0 Å². The zero-order valence-corrected chi connectivity index (χ0v) is 8.73. The molecule has 0 atom stereocenters. The Balaban J connectivity index is 2.80. The lowest BCUT2D eigenvalue weighted by molar-refractivity contribution is 1.28. The highest BCUT2D eigenvalue weighted by Gasteiger charge is 1.99. The Kier molecular flexibility index (Phi) is 3.55. The summed E-state index contributed by atoms with van der Waals surface area (Å²) in [6, 6.07) is 7.56. The highest BCUT2D eigenvalue weighted by atomic mass is 35.5. The van der Waals surface area contributed by atoms with Crippen molar-refractivity contribution in [2.45, 2.75) is 6.92 Å². The summed E-state index contributed by atoms with van der Waals surface area (Å²) in [4.78, 5) is 0. The molecule has 0 aromatic heterocycles. The molecule has 1 aromatic rings. The molecule has 0 aliphatic rings. The number of benzene rings is 1. The third-order valence-electron chi connectivity index (χ3n) is 1.83. The van der Waals surface area contributed by atoms with E-state index in [1.807, 2.05) is 19.1 Å². The number of anilines is 1. The summed E-state index contributed by atoms with van der Waals surface area (Å²) in [5, 5.41) is 12.4. The molecule has 1 N–H and O–H groups in total. The largest absolute Gasteiger partial charge is 0.380 e. The molecule has 3 heteroatoms. The second kappa shape index (κ2) is 4.69. The summed E-state index contributed by atoms with van der Waals surface area (Å²) >= 11 is 5.63. The Hall–Kier alpha value is -1.46. The minimum Gasteiger partial charge on any atom is -0.380 e. The van der Waals surface area contributed by atoms with E-state index >= 15 is 0 Å². The lowest BCUT2D eigenvalue weighted by atomic mass is 10.1. The minimum absolute atomic E-state index is 0.536. The average Bonchev–Trinajstić information content (AvgIpc) is 2.15. The summed E-state index contributed by atoms with van der Waals surface area (Å²) in [6.07, 6.45) is 0. The van der Waals surface area contributed by atoms with Gasteiger partial charge in [-0.1, -0.05) is 18.2 Å². The van der Waals surface area contributed by atoms with E-state index in [0.29, 0.717) is 17.1 Å². The van der Waals surface area contributed by atoms with Gasteiger partial charge in [0.15, 0.2) is 0 Å². The predicted octanol–water partition coefficient (Wildman–Crippen LogP) is 3.03. The van der Waals surface area contributed by atoms with Crippen molar-refractivity contribution in [3.8, 4) is 6.07 Å². The maximum atomic E-state index is 8.67. The van der Waals surface area contributed by atoms with Crippen LogP contribution in [0.3, 0.4) is 0 Å². The number of hydrogen-bond acceptors (Lipinski definition) is 2. The van der Waals surface area contributed by atoms with Crippen LogP contribution in [0.1, 0.15) is 11.1 Å². The van der Waals surface area contributed by atoms with Crippen molar-refractivity contribution in [3.63, 3.8) is 0 Å². The third kappa shape index (κ3) is 2.79. The number of halogens is 1. The lowest BCUT2D eigenvalue weighted by Gasteiger charge is -2.08. The summed E-state index contributed by atoms with van der Waals surface area (Å²) < 4.78 is 0. The SMILES string of the molecule is C=C(Cl)CNc1ccc(C#N)cc1C. The van der Waals surface area contributed by atoms with E-state index in [1.54, 1.807) is 6.07 Å². The summed E-state index contributed by atoms with van der Waals surface area (Å²) in [7, 11) is 0. The van der Waals surface area contributed by atoms with Gasteiger partial charge >= 0.3 is 0 Å². The molecule has 14 heavy (non-hydrogen) atoms. The first-order chi connectivity index (χ1) is 6.63. The standard InChI is InChI=1S/C11H11ClN2/c1-8-5-10(6-13)3-4-11(8)14-7-9(2)12/h3-5,14H,2,7H2,1H3. The van der Waals surface area contributed by atoms with E-state index in [1.165, 1.54) is 0 Å². The molecule has 1 aromatic carbocycles. The van der Waals surface area contributed by atoms with Crippen LogP contribution in [-0.4, -0.2) is 6.54 Å². The van der Waals surface area contributed by atoms with Crippen LogP contribution in [0.15, 0.2) is 29.8 Å². The van der Waals surface area contributed by atoms with Crippen molar-refractivity contribution < 1.29 is 0 Å². The molecule has 0 heterocycles. The number of rotatable bonds is 3. The van der Waals surface area contributed by atoms with E-state index in [0.717, 1.165) is 11.3 Å².